The average molecular weight is 355 g/mol. The molecule has 1 heterocycles. The fourth-order valence-corrected chi connectivity index (χ4v) is 2.77. The maximum absolute atomic E-state index is 13.2. The molecule has 0 radical (unpaired) electrons. The molecule has 3 rings (SSSR count). The molecule has 0 fully saturated rings. The van der Waals surface area contributed by atoms with Crippen LogP contribution in [-0.4, -0.2) is 0 Å². The van der Waals surface area contributed by atoms with E-state index >= 15 is 0 Å². The summed E-state index contributed by atoms with van der Waals surface area (Å²) in [6, 6.07) is 11.0. The molecule has 1 unspecified atom stereocenters. The summed E-state index contributed by atoms with van der Waals surface area (Å²) in [7, 11) is 0. The van der Waals surface area contributed by atoms with Gasteiger partial charge in [-0.15, -0.1) is 0 Å². The van der Waals surface area contributed by atoms with Gasteiger partial charge in [0.2, 0.25) is 0 Å². The first-order valence-electron chi connectivity index (χ1n) is 5.94. The first-order valence-corrected chi connectivity index (χ1v) is 7.11. The Labute approximate surface area is 128 Å². The van der Waals surface area contributed by atoms with Gasteiger partial charge in [-0.1, -0.05) is 27.5 Å². The number of benzene rings is 2. The minimum absolute atomic E-state index is 0.303. The third-order valence-corrected chi connectivity index (χ3v) is 4.05. The van der Waals surface area contributed by atoms with E-state index < -0.39 is 6.04 Å². The van der Waals surface area contributed by atoms with Crippen molar-refractivity contribution in [1.82, 2.24) is 0 Å². The van der Waals surface area contributed by atoms with Crippen molar-refractivity contribution in [3.05, 3.63) is 69.1 Å². The summed E-state index contributed by atoms with van der Waals surface area (Å²) in [5, 5.41) is 1.29. The van der Waals surface area contributed by atoms with Crippen LogP contribution in [0.4, 0.5) is 4.39 Å². The van der Waals surface area contributed by atoms with Crippen molar-refractivity contribution < 1.29 is 8.81 Å². The minimum atomic E-state index is -0.474. The number of nitrogens with two attached hydrogens (primary N) is 1. The summed E-state index contributed by atoms with van der Waals surface area (Å²) in [5.74, 6) is 0.260. The van der Waals surface area contributed by atoms with Crippen molar-refractivity contribution in [2.45, 2.75) is 6.04 Å². The fourth-order valence-electron chi connectivity index (χ4n) is 2.09. The molecule has 0 saturated carbocycles. The molecule has 102 valence electrons. The largest absolute Gasteiger partial charge is 0.459 e. The predicted molar refractivity (Wildman–Crippen MR) is 81.4 cm³/mol. The number of furan rings is 1. The van der Waals surface area contributed by atoms with E-state index in [9.17, 15) is 4.39 Å². The number of fused-ring (bicyclic) bond motifs is 1. The molecule has 1 aromatic heterocycles. The molecular formula is C15H10BrClFNO. The highest BCUT2D eigenvalue weighted by molar-refractivity contribution is 9.10. The molecule has 20 heavy (non-hydrogen) atoms. The number of rotatable bonds is 2. The average Bonchev–Trinajstić information content (AvgIpc) is 2.83. The van der Waals surface area contributed by atoms with Crippen LogP contribution in [0.15, 0.2) is 51.4 Å². The zero-order valence-electron chi connectivity index (χ0n) is 10.2. The molecule has 3 aromatic rings. The smallest absolute Gasteiger partial charge is 0.134 e. The van der Waals surface area contributed by atoms with E-state index in [4.69, 9.17) is 21.8 Å². The van der Waals surface area contributed by atoms with Gasteiger partial charge in [0.25, 0.3) is 0 Å². The number of hydrogen-bond donors (Lipinski definition) is 1. The van der Waals surface area contributed by atoms with E-state index in [0.717, 1.165) is 10.0 Å². The topological polar surface area (TPSA) is 39.2 Å². The van der Waals surface area contributed by atoms with Gasteiger partial charge in [0.1, 0.15) is 17.2 Å². The molecule has 1 atom stereocenters. The Morgan fingerprint density at radius 1 is 1.15 bits per heavy atom. The molecule has 5 heteroatoms. The van der Waals surface area contributed by atoms with E-state index in [-0.39, 0.29) is 5.82 Å². The quantitative estimate of drug-likeness (QED) is 0.700. The second-order valence-corrected chi connectivity index (χ2v) is 5.77. The van der Waals surface area contributed by atoms with Crippen molar-refractivity contribution in [1.29, 1.82) is 0 Å². The van der Waals surface area contributed by atoms with E-state index in [1.165, 1.54) is 12.1 Å². The number of hydrogen-bond acceptors (Lipinski definition) is 2. The minimum Gasteiger partial charge on any atom is -0.459 e. The molecule has 0 spiro atoms. The molecule has 0 aliphatic carbocycles. The van der Waals surface area contributed by atoms with Crippen LogP contribution < -0.4 is 5.73 Å². The lowest BCUT2D eigenvalue weighted by molar-refractivity contribution is 0.524. The second kappa shape index (κ2) is 5.20. The summed E-state index contributed by atoms with van der Waals surface area (Å²) in [5.41, 5.74) is 7.63. The van der Waals surface area contributed by atoms with Crippen molar-refractivity contribution in [3.63, 3.8) is 0 Å². The van der Waals surface area contributed by atoms with Crippen LogP contribution in [0.1, 0.15) is 17.4 Å². The molecular weight excluding hydrogens is 345 g/mol. The van der Waals surface area contributed by atoms with Gasteiger partial charge in [-0.2, -0.15) is 0 Å². The van der Waals surface area contributed by atoms with Crippen LogP contribution in [-0.2, 0) is 0 Å². The van der Waals surface area contributed by atoms with Crippen molar-refractivity contribution in [2.75, 3.05) is 0 Å². The summed E-state index contributed by atoms with van der Waals surface area (Å²) in [6.45, 7) is 0. The van der Waals surface area contributed by atoms with Gasteiger partial charge in [0.15, 0.2) is 0 Å². The van der Waals surface area contributed by atoms with Crippen LogP contribution in [0.5, 0.6) is 0 Å². The van der Waals surface area contributed by atoms with Gasteiger partial charge >= 0.3 is 0 Å². The summed E-state index contributed by atoms with van der Waals surface area (Å²) < 4.78 is 19.7. The van der Waals surface area contributed by atoms with Gasteiger partial charge < -0.3 is 10.2 Å². The van der Waals surface area contributed by atoms with Gasteiger partial charge in [-0.3, -0.25) is 0 Å². The second-order valence-electron chi connectivity index (χ2n) is 4.47. The molecule has 2 N–H and O–H groups in total. The first-order chi connectivity index (χ1) is 9.54. The van der Waals surface area contributed by atoms with Crippen LogP contribution >= 0.6 is 27.5 Å². The molecule has 0 aliphatic heterocycles. The SMILES string of the molecule is NC(c1cc2cc(F)ccc2o1)c1cc(Cl)ccc1Br. The Bertz CT molecular complexity index is 787. The lowest BCUT2D eigenvalue weighted by atomic mass is 10.1. The third-order valence-electron chi connectivity index (χ3n) is 3.10. The Balaban J connectivity index is 2.07. The maximum Gasteiger partial charge on any atom is 0.134 e. The number of halogens is 3. The highest BCUT2D eigenvalue weighted by Gasteiger charge is 2.17. The van der Waals surface area contributed by atoms with Gasteiger partial charge in [0, 0.05) is 14.9 Å². The molecule has 0 aliphatic rings. The van der Waals surface area contributed by atoms with Crippen LogP contribution in [0, 0.1) is 5.82 Å². The summed E-state index contributed by atoms with van der Waals surface area (Å²) in [6.07, 6.45) is 0. The highest BCUT2D eigenvalue weighted by atomic mass is 79.9. The van der Waals surface area contributed by atoms with Crippen molar-refractivity contribution in [2.24, 2.45) is 5.73 Å². The Morgan fingerprint density at radius 3 is 2.75 bits per heavy atom. The lowest BCUT2D eigenvalue weighted by Gasteiger charge is -2.11. The third kappa shape index (κ3) is 2.46. The normalized spacial score (nSPS) is 12.8. The first kappa shape index (κ1) is 13.6. The fraction of sp³-hybridized carbons (Fsp3) is 0.0667. The molecule has 2 aromatic carbocycles. The molecule has 0 amide bonds. The van der Waals surface area contributed by atoms with E-state index in [1.807, 2.05) is 6.07 Å². The van der Waals surface area contributed by atoms with Crippen LogP contribution in [0.3, 0.4) is 0 Å². The van der Waals surface area contributed by atoms with Crippen LogP contribution in [0.25, 0.3) is 11.0 Å². The Hall–Kier alpha value is -1.36. The standard InChI is InChI=1S/C15H10BrClFNO/c16-12-3-1-9(17)7-11(12)15(19)14-6-8-5-10(18)2-4-13(8)20-14/h1-7,15H,19H2. The molecule has 0 saturated heterocycles. The lowest BCUT2D eigenvalue weighted by Crippen LogP contribution is -2.11. The highest BCUT2D eigenvalue weighted by Crippen LogP contribution is 2.32. The zero-order valence-corrected chi connectivity index (χ0v) is 12.6. The summed E-state index contributed by atoms with van der Waals surface area (Å²) in [4.78, 5) is 0. The molecule has 0 bridgehead atoms. The maximum atomic E-state index is 13.2. The van der Waals surface area contributed by atoms with Gasteiger partial charge in [0.05, 0.1) is 6.04 Å². The van der Waals surface area contributed by atoms with Gasteiger partial charge in [-0.25, -0.2) is 4.39 Å². The molecule has 2 nitrogen and oxygen atoms in total. The predicted octanol–water partition coefficient (Wildman–Crippen LogP) is 5.04. The van der Waals surface area contributed by atoms with Gasteiger partial charge in [-0.05, 0) is 48.0 Å². The monoisotopic (exact) mass is 353 g/mol. The zero-order chi connectivity index (χ0) is 14.3. The van der Waals surface area contributed by atoms with Crippen LogP contribution in [0.2, 0.25) is 5.02 Å². The van der Waals surface area contributed by atoms with Crippen molar-refractivity contribution in [3.8, 4) is 0 Å². The van der Waals surface area contributed by atoms with E-state index in [0.29, 0.717) is 21.8 Å². The van der Waals surface area contributed by atoms with E-state index in [2.05, 4.69) is 15.9 Å². The van der Waals surface area contributed by atoms with E-state index in [1.54, 1.807) is 24.3 Å². The Morgan fingerprint density at radius 2 is 1.95 bits per heavy atom. The van der Waals surface area contributed by atoms with Crippen molar-refractivity contribution >= 4 is 38.5 Å². The summed E-state index contributed by atoms with van der Waals surface area (Å²) >= 11 is 9.43. The Kier molecular flexibility index (Phi) is 3.54.